The summed E-state index contributed by atoms with van der Waals surface area (Å²) < 4.78 is 0. The van der Waals surface area contributed by atoms with Crippen LogP contribution in [0.4, 0.5) is 0 Å². The fraction of sp³-hybridized carbons (Fsp3) is 1.00. The van der Waals surface area contributed by atoms with Crippen molar-refractivity contribution in [1.82, 2.24) is 0 Å². The molecule has 2 aliphatic rings. The van der Waals surface area contributed by atoms with Gasteiger partial charge in [-0.05, 0) is 18.8 Å². The first kappa shape index (κ1) is 3.87. The maximum Gasteiger partial charge on any atom is 0.0939 e. The molecule has 2 aliphatic carbocycles. The van der Waals surface area contributed by atoms with E-state index in [1.165, 1.54) is 0 Å². The minimum atomic E-state index is -0.597. The molecule has 2 heteroatoms. The maximum atomic E-state index is 9.01. The van der Waals surface area contributed by atoms with Crippen LogP contribution in [0.5, 0.6) is 0 Å². The minimum Gasteiger partial charge on any atom is -0.390 e. The van der Waals surface area contributed by atoms with Crippen molar-refractivity contribution in [2.24, 2.45) is 5.92 Å². The number of hydrogen-bond acceptors (Lipinski definition) is 2. The van der Waals surface area contributed by atoms with Gasteiger partial charge >= 0.3 is 0 Å². The standard InChI is InChI=1S/C5H8O2/c6-4-1-3-2-5(3,4)7/h3-4,6-7H,1-2H2. The van der Waals surface area contributed by atoms with E-state index in [1.807, 2.05) is 0 Å². The largest absolute Gasteiger partial charge is 0.390 e. The normalized spacial score (nSPS) is 66.0. The van der Waals surface area contributed by atoms with Gasteiger partial charge in [0.05, 0.1) is 11.7 Å². The van der Waals surface area contributed by atoms with Crippen molar-refractivity contribution in [2.45, 2.75) is 24.5 Å². The average Bonchev–Trinajstić information content (AvgIpc) is 2.13. The zero-order valence-corrected chi connectivity index (χ0v) is 3.96. The molecule has 2 saturated carbocycles. The van der Waals surface area contributed by atoms with E-state index in [0.717, 1.165) is 12.8 Å². The molecule has 2 N–H and O–H groups in total. The summed E-state index contributed by atoms with van der Waals surface area (Å²) in [5, 5.41) is 17.8. The first-order chi connectivity index (χ1) is 3.23. The second kappa shape index (κ2) is 0.740. The number of fused-ring (bicyclic) bond motifs is 1. The highest BCUT2D eigenvalue weighted by Gasteiger charge is 2.67. The van der Waals surface area contributed by atoms with Gasteiger partial charge in [-0.15, -0.1) is 0 Å². The maximum absolute atomic E-state index is 9.01. The molecule has 0 aromatic heterocycles. The predicted octanol–water partition coefficient (Wildman–Crippen LogP) is -0.498. The van der Waals surface area contributed by atoms with Crippen molar-refractivity contribution in [3.05, 3.63) is 0 Å². The van der Waals surface area contributed by atoms with Crippen molar-refractivity contribution < 1.29 is 10.2 Å². The Bertz CT molecular complexity index is 111. The van der Waals surface area contributed by atoms with Gasteiger partial charge in [-0.1, -0.05) is 0 Å². The summed E-state index contributed by atoms with van der Waals surface area (Å²) in [6, 6.07) is 0. The second-order valence-electron chi connectivity index (χ2n) is 2.64. The molecule has 3 atom stereocenters. The van der Waals surface area contributed by atoms with Crippen LogP contribution >= 0.6 is 0 Å². The average molecular weight is 100 g/mol. The third-order valence-corrected chi connectivity index (χ3v) is 2.21. The van der Waals surface area contributed by atoms with E-state index in [-0.39, 0.29) is 0 Å². The lowest BCUT2D eigenvalue weighted by molar-refractivity contribution is -0.0684. The highest BCUT2D eigenvalue weighted by Crippen LogP contribution is 2.59. The van der Waals surface area contributed by atoms with Gasteiger partial charge in [0.2, 0.25) is 0 Å². The molecular weight excluding hydrogens is 92.1 g/mol. The summed E-state index contributed by atoms with van der Waals surface area (Å²) in [6.07, 6.45) is 1.28. The molecule has 0 spiro atoms. The second-order valence-corrected chi connectivity index (χ2v) is 2.64. The first-order valence-corrected chi connectivity index (χ1v) is 2.64. The molecule has 40 valence electrons. The Morgan fingerprint density at radius 3 is 2.29 bits per heavy atom. The monoisotopic (exact) mass is 100 g/mol. The van der Waals surface area contributed by atoms with Crippen LogP contribution in [0.1, 0.15) is 12.8 Å². The smallest absolute Gasteiger partial charge is 0.0939 e. The van der Waals surface area contributed by atoms with Gasteiger partial charge in [0, 0.05) is 0 Å². The Morgan fingerprint density at radius 2 is 2.29 bits per heavy atom. The molecule has 0 aliphatic heterocycles. The van der Waals surface area contributed by atoms with E-state index >= 15 is 0 Å². The third kappa shape index (κ3) is 0.254. The van der Waals surface area contributed by atoms with Crippen LogP contribution in [0.3, 0.4) is 0 Å². The van der Waals surface area contributed by atoms with E-state index in [4.69, 9.17) is 10.2 Å². The number of aliphatic hydroxyl groups excluding tert-OH is 1. The fourth-order valence-electron chi connectivity index (χ4n) is 1.34. The summed E-state index contributed by atoms with van der Waals surface area (Å²) >= 11 is 0. The van der Waals surface area contributed by atoms with Crippen LogP contribution in [-0.2, 0) is 0 Å². The van der Waals surface area contributed by atoms with Crippen LogP contribution < -0.4 is 0 Å². The quantitative estimate of drug-likeness (QED) is 0.431. The Balaban J connectivity index is 2.17. The van der Waals surface area contributed by atoms with Crippen LogP contribution in [-0.4, -0.2) is 21.9 Å². The Labute approximate surface area is 41.8 Å². The van der Waals surface area contributed by atoms with Crippen molar-refractivity contribution in [3.8, 4) is 0 Å². The SMILES string of the molecule is OC1CC2CC12O. The van der Waals surface area contributed by atoms with Crippen LogP contribution in [0.2, 0.25) is 0 Å². The number of hydrogen-bond donors (Lipinski definition) is 2. The molecular formula is C5H8O2. The summed E-state index contributed by atoms with van der Waals surface area (Å²) in [5.41, 5.74) is -0.597. The van der Waals surface area contributed by atoms with Gasteiger partial charge in [0.25, 0.3) is 0 Å². The van der Waals surface area contributed by atoms with Gasteiger partial charge < -0.3 is 10.2 Å². The topological polar surface area (TPSA) is 40.5 Å². The lowest BCUT2D eigenvalue weighted by atomic mass is 9.93. The molecule has 2 fully saturated rings. The van der Waals surface area contributed by atoms with Gasteiger partial charge in [0.15, 0.2) is 0 Å². The molecule has 3 unspecified atom stereocenters. The Hall–Kier alpha value is -0.0800. The molecule has 2 nitrogen and oxygen atoms in total. The molecule has 0 saturated heterocycles. The molecule has 0 amide bonds. The van der Waals surface area contributed by atoms with E-state index in [9.17, 15) is 0 Å². The van der Waals surface area contributed by atoms with Gasteiger partial charge in [0.1, 0.15) is 0 Å². The van der Waals surface area contributed by atoms with Crippen molar-refractivity contribution in [3.63, 3.8) is 0 Å². The summed E-state index contributed by atoms with van der Waals surface area (Å²) in [6.45, 7) is 0. The van der Waals surface area contributed by atoms with Gasteiger partial charge in [-0.25, -0.2) is 0 Å². The number of rotatable bonds is 0. The Morgan fingerprint density at radius 1 is 1.57 bits per heavy atom. The highest BCUT2D eigenvalue weighted by molar-refractivity contribution is 5.18. The molecule has 0 aromatic carbocycles. The van der Waals surface area contributed by atoms with E-state index in [1.54, 1.807) is 0 Å². The van der Waals surface area contributed by atoms with Crippen LogP contribution in [0, 0.1) is 5.92 Å². The third-order valence-electron chi connectivity index (χ3n) is 2.21. The summed E-state index contributed by atoms with van der Waals surface area (Å²) in [4.78, 5) is 0. The van der Waals surface area contributed by atoms with Crippen molar-refractivity contribution in [1.29, 1.82) is 0 Å². The fourth-order valence-corrected chi connectivity index (χ4v) is 1.34. The lowest BCUT2D eigenvalue weighted by Gasteiger charge is -2.26. The van der Waals surface area contributed by atoms with Crippen LogP contribution in [0.25, 0.3) is 0 Å². The van der Waals surface area contributed by atoms with Gasteiger partial charge in [-0.3, -0.25) is 0 Å². The molecule has 0 heterocycles. The summed E-state index contributed by atoms with van der Waals surface area (Å²) in [5.74, 6) is 0.461. The van der Waals surface area contributed by atoms with Crippen molar-refractivity contribution in [2.75, 3.05) is 0 Å². The summed E-state index contributed by atoms with van der Waals surface area (Å²) in [7, 11) is 0. The minimum absolute atomic E-state index is 0.391. The van der Waals surface area contributed by atoms with E-state index in [2.05, 4.69) is 0 Å². The van der Waals surface area contributed by atoms with Crippen molar-refractivity contribution >= 4 is 0 Å². The number of aliphatic hydroxyl groups is 2. The molecule has 2 rings (SSSR count). The molecule has 0 bridgehead atoms. The molecule has 0 radical (unpaired) electrons. The van der Waals surface area contributed by atoms with Gasteiger partial charge in [-0.2, -0.15) is 0 Å². The van der Waals surface area contributed by atoms with E-state index in [0.29, 0.717) is 5.92 Å². The van der Waals surface area contributed by atoms with E-state index < -0.39 is 11.7 Å². The van der Waals surface area contributed by atoms with Crippen LogP contribution in [0.15, 0.2) is 0 Å². The zero-order valence-electron chi connectivity index (χ0n) is 3.96. The first-order valence-electron chi connectivity index (χ1n) is 2.64. The zero-order chi connectivity index (χ0) is 5.07. The molecule has 7 heavy (non-hydrogen) atoms. The highest BCUT2D eigenvalue weighted by atomic mass is 16.4. The predicted molar refractivity (Wildman–Crippen MR) is 23.7 cm³/mol. The Kier molecular flexibility index (Phi) is 0.408. The molecule has 0 aromatic rings. The lowest BCUT2D eigenvalue weighted by Crippen LogP contribution is -2.39.